The molecule has 0 saturated carbocycles. The molecule has 0 amide bonds. The van der Waals surface area contributed by atoms with E-state index in [1.165, 1.54) is 0 Å². The van der Waals surface area contributed by atoms with Gasteiger partial charge in [0, 0.05) is 5.56 Å². The minimum absolute atomic E-state index is 0.374. The highest BCUT2D eigenvalue weighted by molar-refractivity contribution is 5.57. The summed E-state index contributed by atoms with van der Waals surface area (Å²) in [7, 11) is 0. The lowest BCUT2D eigenvalue weighted by molar-refractivity contribution is -0.0357. The maximum atomic E-state index is 9.96. The highest BCUT2D eigenvalue weighted by Crippen LogP contribution is 2.30. The van der Waals surface area contributed by atoms with Gasteiger partial charge in [-0.3, -0.25) is 5.21 Å². The second kappa shape index (κ2) is 8.22. The number of allylic oxidation sites excluding steroid dienone is 1. The van der Waals surface area contributed by atoms with Gasteiger partial charge in [-0.05, 0) is 31.0 Å². The molecular weight excluding hydrogens is 278 g/mol. The lowest BCUT2D eigenvalue weighted by Crippen LogP contribution is -2.20. The number of hydrogen-bond donors (Lipinski definition) is 1. The summed E-state index contributed by atoms with van der Waals surface area (Å²) in [5, 5.41) is 10.7. The highest BCUT2D eigenvalue weighted by atomic mass is 16.9. The Morgan fingerprint density at radius 1 is 1.14 bits per heavy atom. The van der Waals surface area contributed by atoms with Crippen LogP contribution in [0, 0.1) is 0 Å². The molecule has 0 bridgehead atoms. The van der Waals surface area contributed by atoms with E-state index in [1.54, 1.807) is 12.1 Å². The zero-order valence-corrected chi connectivity index (χ0v) is 12.7. The van der Waals surface area contributed by atoms with Gasteiger partial charge in [-0.25, -0.2) is 4.84 Å². The first-order valence-electron chi connectivity index (χ1n) is 7.27. The van der Waals surface area contributed by atoms with Crippen LogP contribution in [0.1, 0.15) is 18.1 Å². The topological polar surface area (TPSA) is 41.9 Å². The van der Waals surface area contributed by atoms with Gasteiger partial charge in [0.25, 0.3) is 0 Å². The average molecular weight is 299 g/mol. The van der Waals surface area contributed by atoms with Crippen LogP contribution in [-0.2, 0) is 17.9 Å². The molecule has 22 heavy (non-hydrogen) atoms. The Balaban J connectivity index is 2.22. The zero-order valence-electron chi connectivity index (χ0n) is 12.7. The molecular formula is C18H21NO3. The van der Waals surface area contributed by atoms with E-state index in [9.17, 15) is 5.21 Å². The van der Waals surface area contributed by atoms with E-state index in [0.29, 0.717) is 31.1 Å². The Labute approximate surface area is 131 Å². The monoisotopic (exact) mass is 299 g/mol. The summed E-state index contributed by atoms with van der Waals surface area (Å²) in [6.07, 6.45) is 2.35. The second-order valence-electron chi connectivity index (χ2n) is 4.71. The van der Waals surface area contributed by atoms with Crippen molar-refractivity contribution in [2.45, 2.75) is 20.0 Å². The molecule has 0 heterocycles. The molecule has 1 N–H and O–H groups in total. The van der Waals surface area contributed by atoms with Crippen LogP contribution < -0.4 is 9.96 Å². The maximum absolute atomic E-state index is 9.96. The molecule has 0 aliphatic rings. The molecule has 116 valence electrons. The fourth-order valence-electron chi connectivity index (χ4n) is 2.15. The summed E-state index contributed by atoms with van der Waals surface area (Å²) in [6.45, 7) is 6.42. The lowest BCUT2D eigenvalue weighted by Gasteiger charge is -2.20. The molecule has 0 fully saturated rings. The minimum Gasteiger partial charge on any atom is -0.489 e. The number of nitrogens with zero attached hydrogens (tertiary/aromatic N) is 1. The van der Waals surface area contributed by atoms with Crippen LogP contribution in [0.25, 0.3) is 0 Å². The normalized spacial score (nSPS) is 10.3. The summed E-state index contributed by atoms with van der Waals surface area (Å²) in [4.78, 5) is 5.13. The van der Waals surface area contributed by atoms with Crippen LogP contribution in [-0.4, -0.2) is 11.8 Å². The van der Waals surface area contributed by atoms with E-state index in [4.69, 9.17) is 9.57 Å². The van der Waals surface area contributed by atoms with Gasteiger partial charge in [-0.15, -0.1) is 11.8 Å². The Hall–Kier alpha value is -2.30. The first-order valence-corrected chi connectivity index (χ1v) is 7.27. The number of hydrogen-bond acceptors (Lipinski definition) is 4. The van der Waals surface area contributed by atoms with Crippen molar-refractivity contribution in [3.63, 3.8) is 0 Å². The summed E-state index contributed by atoms with van der Waals surface area (Å²) in [5.74, 6) is 0.708. The second-order valence-corrected chi connectivity index (χ2v) is 4.71. The van der Waals surface area contributed by atoms with Crippen molar-refractivity contribution >= 4 is 5.69 Å². The van der Waals surface area contributed by atoms with Crippen molar-refractivity contribution in [3.05, 3.63) is 72.3 Å². The van der Waals surface area contributed by atoms with E-state index in [1.807, 2.05) is 49.4 Å². The molecule has 0 aliphatic carbocycles. The van der Waals surface area contributed by atoms with Crippen molar-refractivity contribution in [3.8, 4) is 5.75 Å². The SMILES string of the molecule is C=CCc1c(OCc2ccccc2)cccc1N(O)OCC. The highest BCUT2D eigenvalue weighted by Gasteiger charge is 2.14. The molecule has 0 unspecified atom stereocenters. The minimum atomic E-state index is 0.374. The Morgan fingerprint density at radius 2 is 1.91 bits per heavy atom. The molecule has 0 saturated heterocycles. The summed E-state index contributed by atoms with van der Waals surface area (Å²) in [5.41, 5.74) is 2.49. The molecule has 0 spiro atoms. The quantitative estimate of drug-likeness (QED) is 0.587. The van der Waals surface area contributed by atoms with Gasteiger partial charge in [0.1, 0.15) is 18.0 Å². The number of benzene rings is 2. The van der Waals surface area contributed by atoms with Gasteiger partial charge in [-0.2, -0.15) is 0 Å². The van der Waals surface area contributed by atoms with Gasteiger partial charge < -0.3 is 4.74 Å². The first kappa shape index (κ1) is 16.1. The summed E-state index contributed by atoms with van der Waals surface area (Å²) >= 11 is 0. The predicted octanol–water partition coefficient (Wildman–Crippen LogP) is 4.14. The van der Waals surface area contributed by atoms with Crippen molar-refractivity contribution in [1.82, 2.24) is 0 Å². The zero-order chi connectivity index (χ0) is 15.8. The van der Waals surface area contributed by atoms with Gasteiger partial charge in [0.05, 0.1) is 6.61 Å². The largest absolute Gasteiger partial charge is 0.489 e. The van der Waals surface area contributed by atoms with Gasteiger partial charge >= 0.3 is 0 Å². The fraction of sp³-hybridized carbons (Fsp3) is 0.222. The van der Waals surface area contributed by atoms with E-state index >= 15 is 0 Å². The number of rotatable bonds is 8. The third-order valence-corrected chi connectivity index (χ3v) is 3.15. The van der Waals surface area contributed by atoms with E-state index in [2.05, 4.69) is 6.58 Å². The average Bonchev–Trinajstić information content (AvgIpc) is 2.55. The standard InChI is InChI=1S/C18H21NO3/c1-3-9-16-17(19(20)22-4-2)12-8-13-18(16)21-14-15-10-6-5-7-11-15/h3,5-8,10-13,20H,1,4,9,14H2,2H3. The molecule has 2 rings (SSSR count). The van der Waals surface area contributed by atoms with Crippen molar-refractivity contribution in [2.75, 3.05) is 11.8 Å². The molecule has 0 atom stereocenters. The molecule has 2 aromatic rings. The molecule has 0 aromatic heterocycles. The first-order chi connectivity index (χ1) is 10.8. The third-order valence-electron chi connectivity index (χ3n) is 3.15. The van der Waals surface area contributed by atoms with Crippen molar-refractivity contribution in [1.29, 1.82) is 0 Å². The smallest absolute Gasteiger partial charge is 0.125 e. The van der Waals surface area contributed by atoms with Gasteiger partial charge in [0.15, 0.2) is 0 Å². The molecule has 2 aromatic carbocycles. The van der Waals surface area contributed by atoms with E-state index < -0.39 is 0 Å². The molecule has 4 heteroatoms. The van der Waals surface area contributed by atoms with Crippen LogP contribution in [0.5, 0.6) is 5.75 Å². The van der Waals surface area contributed by atoms with Crippen LogP contribution >= 0.6 is 0 Å². The van der Waals surface area contributed by atoms with Crippen molar-refractivity contribution < 1.29 is 14.8 Å². The van der Waals surface area contributed by atoms with Gasteiger partial charge in [0.2, 0.25) is 0 Å². The Morgan fingerprint density at radius 3 is 2.59 bits per heavy atom. The number of anilines is 1. The molecule has 0 radical (unpaired) electrons. The molecule has 0 aliphatic heterocycles. The van der Waals surface area contributed by atoms with Gasteiger partial charge in [-0.1, -0.05) is 42.5 Å². The lowest BCUT2D eigenvalue weighted by atomic mass is 10.1. The predicted molar refractivity (Wildman–Crippen MR) is 87.0 cm³/mol. The fourth-order valence-corrected chi connectivity index (χ4v) is 2.15. The maximum Gasteiger partial charge on any atom is 0.125 e. The van der Waals surface area contributed by atoms with E-state index in [-0.39, 0.29) is 0 Å². The summed E-state index contributed by atoms with van der Waals surface area (Å²) in [6, 6.07) is 15.4. The van der Waals surface area contributed by atoms with Crippen LogP contribution in [0.3, 0.4) is 0 Å². The van der Waals surface area contributed by atoms with E-state index in [0.717, 1.165) is 16.4 Å². The third kappa shape index (κ3) is 4.10. The van der Waals surface area contributed by atoms with Crippen LogP contribution in [0.15, 0.2) is 61.2 Å². The van der Waals surface area contributed by atoms with Crippen molar-refractivity contribution in [2.24, 2.45) is 0 Å². The molecule has 4 nitrogen and oxygen atoms in total. The van der Waals surface area contributed by atoms with Crippen LogP contribution in [0.2, 0.25) is 0 Å². The Kier molecular flexibility index (Phi) is 6.01. The Bertz CT molecular complexity index is 599. The van der Waals surface area contributed by atoms with Crippen LogP contribution in [0.4, 0.5) is 5.69 Å². The number of ether oxygens (including phenoxy) is 1. The summed E-state index contributed by atoms with van der Waals surface area (Å²) < 4.78 is 5.90.